The minimum Gasteiger partial charge on any atom is -0.383 e. The monoisotopic (exact) mass is 533 g/mol. The molecule has 1 saturated heterocycles. The van der Waals surface area contributed by atoms with Crippen LogP contribution in [0.1, 0.15) is 19.0 Å². The highest BCUT2D eigenvalue weighted by molar-refractivity contribution is 5.95. The summed E-state index contributed by atoms with van der Waals surface area (Å²) in [5.41, 5.74) is 2.11. The second-order valence-electron chi connectivity index (χ2n) is 9.24. The standard InChI is InChI=1S/C27H28FN7O4/c1-27(25(36)32-19-7-10-29-11-8-19)15-38-24(39-16-27)23-34-21(17-3-5-18(28)6-4-17)22(35-23)20-9-12-30-26(33-20)31-13-14-37-2/h3-12,24H,13-16H2,1-2H3,(H,34,35)(H,29,32,36)(H,30,31,33). The van der Waals surface area contributed by atoms with Crippen molar-refractivity contribution in [3.63, 3.8) is 0 Å². The molecule has 12 heteroatoms. The molecule has 1 amide bonds. The molecule has 0 radical (unpaired) electrons. The number of aromatic amines is 1. The van der Waals surface area contributed by atoms with E-state index < -0.39 is 11.7 Å². The van der Waals surface area contributed by atoms with Gasteiger partial charge in [0.05, 0.1) is 42.3 Å². The second-order valence-corrected chi connectivity index (χ2v) is 9.24. The predicted molar refractivity (Wildman–Crippen MR) is 141 cm³/mol. The van der Waals surface area contributed by atoms with Gasteiger partial charge in [-0.15, -0.1) is 0 Å². The smallest absolute Gasteiger partial charge is 0.235 e. The van der Waals surface area contributed by atoms with Crippen LogP contribution in [-0.4, -0.2) is 64.3 Å². The number of carbonyl (C=O) groups excluding carboxylic acids is 1. The first-order chi connectivity index (χ1) is 18.9. The Balaban J connectivity index is 1.38. The number of hydrogen-bond acceptors (Lipinski definition) is 9. The van der Waals surface area contributed by atoms with E-state index >= 15 is 0 Å². The molecule has 0 bridgehead atoms. The molecule has 4 heterocycles. The number of rotatable bonds is 9. The normalized spacial score (nSPS) is 19.0. The van der Waals surface area contributed by atoms with E-state index in [-0.39, 0.29) is 24.9 Å². The molecular formula is C27H28FN7O4. The average molecular weight is 534 g/mol. The van der Waals surface area contributed by atoms with Gasteiger partial charge in [0, 0.05) is 43.5 Å². The van der Waals surface area contributed by atoms with Crippen LogP contribution in [0.25, 0.3) is 22.6 Å². The van der Waals surface area contributed by atoms with Gasteiger partial charge in [-0.1, -0.05) is 0 Å². The zero-order chi connectivity index (χ0) is 27.2. The summed E-state index contributed by atoms with van der Waals surface area (Å²) in [6, 6.07) is 11.2. The molecule has 202 valence electrons. The van der Waals surface area contributed by atoms with E-state index in [1.54, 1.807) is 63.0 Å². The molecule has 0 unspecified atom stereocenters. The van der Waals surface area contributed by atoms with E-state index in [0.717, 1.165) is 0 Å². The Morgan fingerprint density at radius 1 is 1.10 bits per heavy atom. The Morgan fingerprint density at radius 2 is 1.85 bits per heavy atom. The second kappa shape index (κ2) is 11.6. The van der Waals surface area contributed by atoms with Crippen molar-refractivity contribution in [1.29, 1.82) is 0 Å². The lowest BCUT2D eigenvalue weighted by Gasteiger charge is -2.35. The fourth-order valence-electron chi connectivity index (χ4n) is 3.97. The molecule has 0 aliphatic carbocycles. The number of ether oxygens (including phenoxy) is 3. The van der Waals surface area contributed by atoms with Crippen molar-refractivity contribution in [3.8, 4) is 22.6 Å². The van der Waals surface area contributed by atoms with Crippen molar-refractivity contribution < 1.29 is 23.4 Å². The Labute approximate surface area is 224 Å². The first-order valence-corrected chi connectivity index (χ1v) is 12.3. The van der Waals surface area contributed by atoms with E-state index in [2.05, 4.69) is 30.6 Å². The van der Waals surface area contributed by atoms with Crippen molar-refractivity contribution in [2.24, 2.45) is 5.41 Å². The number of nitrogens with one attached hydrogen (secondary N) is 3. The number of halogens is 1. The maximum atomic E-state index is 13.7. The molecule has 5 rings (SSSR count). The number of H-pyrrole nitrogens is 1. The fourth-order valence-corrected chi connectivity index (χ4v) is 3.97. The number of aromatic nitrogens is 5. The molecule has 1 aliphatic rings. The Hall–Kier alpha value is -4.26. The van der Waals surface area contributed by atoms with E-state index in [1.807, 2.05) is 0 Å². The summed E-state index contributed by atoms with van der Waals surface area (Å²) >= 11 is 0. The lowest BCUT2D eigenvalue weighted by atomic mass is 9.91. The molecule has 1 aliphatic heterocycles. The summed E-state index contributed by atoms with van der Waals surface area (Å²) in [5.74, 6) is 0.236. The van der Waals surface area contributed by atoms with E-state index in [9.17, 15) is 9.18 Å². The first-order valence-electron chi connectivity index (χ1n) is 12.3. The molecule has 0 spiro atoms. The molecule has 4 aromatic rings. The molecule has 0 saturated carbocycles. The first kappa shape index (κ1) is 26.4. The van der Waals surface area contributed by atoms with Crippen LogP contribution in [0.4, 0.5) is 16.0 Å². The number of anilines is 2. The molecule has 1 aromatic carbocycles. The highest BCUT2D eigenvalue weighted by atomic mass is 19.1. The van der Waals surface area contributed by atoms with E-state index in [0.29, 0.717) is 53.3 Å². The largest absolute Gasteiger partial charge is 0.383 e. The third-order valence-electron chi connectivity index (χ3n) is 6.16. The van der Waals surface area contributed by atoms with Gasteiger partial charge in [0.1, 0.15) is 5.82 Å². The Kier molecular flexibility index (Phi) is 7.87. The molecule has 3 aromatic heterocycles. The predicted octanol–water partition coefficient (Wildman–Crippen LogP) is 3.82. The highest BCUT2D eigenvalue weighted by Gasteiger charge is 2.41. The van der Waals surface area contributed by atoms with Gasteiger partial charge in [0.25, 0.3) is 0 Å². The minimum absolute atomic E-state index is 0.109. The Morgan fingerprint density at radius 3 is 2.56 bits per heavy atom. The van der Waals surface area contributed by atoms with Crippen LogP contribution in [0.5, 0.6) is 0 Å². The topological polar surface area (TPSA) is 136 Å². The summed E-state index contributed by atoms with van der Waals surface area (Å²) in [4.78, 5) is 33.8. The van der Waals surface area contributed by atoms with Crippen LogP contribution in [0, 0.1) is 11.2 Å². The number of methoxy groups -OCH3 is 1. The minimum atomic E-state index is -0.912. The number of benzene rings is 1. The van der Waals surface area contributed by atoms with Gasteiger partial charge < -0.3 is 29.8 Å². The number of carbonyl (C=O) groups is 1. The van der Waals surface area contributed by atoms with Gasteiger partial charge in [-0.25, -0.2) is 19.3 Å². The summed E-state index contributed by atoms with van der Waals surface area (Å²) in [6.45, 7) is 3.03. The van der Waals surface area contributed by atoms with Crippen molar-refractivity contribution in [1.82, 2.24) is 24.9 Å². The maximum absolute atomic E-state index is 13.7. The van der Waals surface area contributed by atoms with E-state index in [1.165, 1.54) is 12.1 Å². The van der Waals surface area contributed by atoms with Gasteiger partial charge in [0.2, 0.25) is 18.1 Å². The SMILES string of the molecule is COCCNc1nccc(-c2[nH]c(C3OCC(C)(C(=O)Nc4ccncc4)CO3)nc2-c2ccc(F)cc2)n1. The number of pyridine rings is 1. The quantitative estimate of drug-likeness (QED) is 0.274. The van der Waals surface area contributed by atoms with Crippen LogP contribution in [0.3, 0.4) is 0 Å². The van der Waals surface area contributed by atoms with Crippen LogP contribution in [-0.2, 0) is 19.0 Å². The number of imidazole rings is 1. The molecular weight excluding hydrogens is 505 g/mol. The zero-order valence-electron chi connectivity index (χ0n) is 21.5. The highest BCUT2D eigenvalue weighted by Crippen LogP contribution is 2.36. The van der Waals surface area contributed by atoms with Crippen molar-refractivity contribution in [3.05, 3.63) is 72.7 Å². The molecule has 39 heavy (non-hydrogen) atoms. The van der Waals surface area contributed by atoms with Gasteiger partial charge in [-0.2, -0.15) is 0 Å². The third-order valence-corrected chi connectivity index (χ3v) is 6.16. The van der Waals surface area contributed by atoms with Crippen LogP contribution < -0.4 is 10.6 Å². The van der Waals surface area contributed by atoms with Gasteiger partial charge in [-0.3, -0.25) is 9.78 Å². The molecule has 1 fully saturated rings. The fraction of sp³-hybridized carbons (Fsp3) is 0.296. The lowest BCUT2D eigenvalue weighted by molar-refractivity contribution is -0.229. The van der Waals surface area contributed by atoms with Gasteiger partial charge in [-0.05, 0) is 49.4 Å². The Bertz CT molecular complexity index is 1410. The van der Waals surface area contributed by atoms with Gasteiger partial charge in [0.15, 0.2) is 5.82 Å². The van der Waals surface area contributed by atoms with Crippen molar-refractivity contribution >= 4 is 17.5 Å². The molecule has 3 N–H and O–H groups in total. The van der Waals surface area contributed by atoms with Crippen molar-refractivity contribution in [2.45, 2.75) is 13.2 Å². The summed E-state index contributed by atoms with van der Waals surface area (Å²) < 4.78 is 30.7. The summed E-state index contributed by atoms with van der Waals surface area (Å²) in [7, 11) is 1.62. The maximum Gasteiger partial charge on any atom is 0.235 e. The average Bonchev–Trinajstić information content (AvgIpc) is 3.40. The number of amides is 1. The van der Waals surface area contributed by atoms with Crippen LogP contribution in [0.15, 0.2) is 61.1 Å². The number of hydrogen-bond donors (Lipinski definition) is 3. The number of nitrogens with zero attached hydrogens (tertiary/aromatic N) is 4. The molecule has 0 atom stereocenters. The van der Waals surface area contributed by atoms with Crippen molar-refractivity contribution in [2.75, 3.05) is 44.1 Å². The third kappa shape index (κ3) is 6.08. The lowest BCUT2D eigenvalue weighted by Crippen LogP contribution is -2.45. The van der Waals surface area contributed by atoms with Gasteiger partial charge >= 0.3 is 0 Å². The van der Waals surface area contributed by atoms with E-state index in [4.69, 9.17) is 19.2 Å². The van der Waals surface area contributed by atoms with Crippen LogP contribution in [0.2, 0.25) is 0 Å². The molecule has 11 nitrogen and oxygen atoms in total. The van der Waals surface area contributed by atoms with Crippen LogP contribution >= 0.6 is 0 Å². The summed E-state index contributed by atoms with van der Waals surface area (Å²) in [5, 5.41) is 5.98. The zero-order valence-corrected chi connectivity index (χ0v) is 21.5. The summed E-state index contributed by atoms with van der Waals surface area (Å²) in [6.07, 6.45) is 3.99.